The summed E-state index contributed by atoms with van der Waals surface area (Å²) in [6.07, 6.45) is 0.923. The molecular formula is C16H26N6O3. The van der Waals surface area contributed by atoms with Crippen LogP contribution in [0.3, 0.4) is 0 Å². The molecule has 5 N–H and O–H groups in total. The SMILES string of the molecule is CC1(NC(=O)OC(C)(C)C)CCN(c2nc(N)cc(C(N)=O)n2)CC1. The van der Waals surface area contributed by atoms with Crippen molar-refractivity contribution in [1.29, 1.82) is 0 Å². The Labute approximate surface area is 147 Å². The van der Waals surface area contributed by atoms with Crippen LogP contribution in [0.25, 0.3) is 0 Å². The number of amides is 2. The zero-order valence-electron chi connectivity index (χ0n) is 15.1. The van der Waals surface area contributed by atoms with Crippen LogP contribution in [0.1, 0.15) is 51.0 Å². The molecule has 9 nitrogen and oxygen atoms in total. The summed E-state index contributed by atoms with van der Waals surface area (Å²) in [5.41, 5.74) is 10.2. The first kappa shape index (κ1) is 18.8. The molecule has 1 aliphatic rings. The summed E-state index contributed by atoms with van der Waals surface area (Å²) >= 11 is 0. The number of primary amides is 1. The van der Waals surface area contributed by atoms with Crippen molar-refractivity contribution in [2.24, 2.45) is 5.73 Å². The molecule has 0 aliphatic carbocycles. The molecule has 0 saturated carbocycles. The van der Waals surface area contributed by atoms with Crippen LogP contribution in [-0.2, 0) is 4.74 Å². The molecule has 0 bridgehead atoms. The van der Waals surface area contributed by atoms with Gasteiger partial charge in [-0.15, -0.1) is 0 Å². The molecule has 1 fully saturated rings. The van der Waals surface area contributed by atoms with Gasteiger partial charge >= 0.3 is 6.09 Å². The Kier molecular flexibility index (Phi) is 5.05. The Morgan fingerprint density at radius 3 is 2.40 bits per heavy atom. The Morgan fingerprint density at radius 1 is 1.28 bits per heavy atom. The van der Waals surface area contributed by atoms with Crippen LogP contribution in [0, 0.1) is 0 Å². The van der Waals surface area contributed by atoms with E-state index in [1.807, 2.05) is 32.6 Å². The molecule has 0 aromatic carbocycles. The number of anilines is 2. The predicted molar refractivity (Wildman–Crippen MR) is 94.2 cm³/mol. The molecule has 1 saturated heterocycles. The lowest BCUT2D eigenvalue weighted by molar-refractivity contribution is 0.0448. The van der Waals surface area contributed by atoms with Crippen molar-refractivity contribution in [3.63, 3.8) is 0 Å². The van der Waals surface area contributed by atoms with Gasteiger partial charge in [-0.2, -0.15) is 4.98 Å². The van der Waals surface area contributed by atoms with Crippen molar-refractivity contribution in [2.75, 3.05) is 23.7 Å². The molecule has 2 heterocycles. The number of nitrogens with one attached hydrogen (secondary N) is 1. The summed E-state index contributed by atoms with van der Waals surface area (Å²) in [7, 11) is 0. The Bertz CT molecular complexity index is 662. The maximum Gasteiger partial charge on any atom is 0.408 e. The molecule has 1 aliphatic heterocycles. The number of piperidine rings is 1. The van der Waals surface area contributed by atoms with Crippen LogP contribution in [-0.4, -0.2) is 46.2 Å². The highest BCUT2D eigenvalue weighted by atomic mass is 16.6. The number of nitrogen functional groups attached to an aromatic ring is 1. The normalized spacial score (nSPS) is 17.0. The van der Waals surface area contributed by atoms with Gasteiger partial charge in [0.15, 0.2) is 0 Å². The second-order valence-electron chi connectivity index (χ2n) is 7.52. The van der Waals surface area contributed by atoms with E-state index in [9.17, 15) is 9.59 Å². The maximum atomic E-state index is 12.0. The van der Waals surface area contributed by atoms with Gasteiger partial charge in [0.2, 0.25) is 5.95 Å². The van der Waals surface area contributed by atoms with Crippen LogP contribution < -0.4 is 21.7 Å². The van der Waals surface area contributed by atoms with Crippen LogP contribution in [0.5, 0.6) is 0 Å². The summed E-state index contributed by atoms with van der Waals surface area (Å²) in [6.45, 7) is 8.66. The van der Waals surface area contributed by atoms with Gasteiger partial charge < -0.3 is 26.4 Å². The summed E-state index contributed by atoms with van der Waals surface area (Å²) in [4.78, 5) is 33.6. The molecule has 0 unspecified atom stereocenters. The minimum absolute atomic E-state index is 0.0858. The average Bonchev–Trinajstić information content (AvgIpc) is 2.44. The minimum atomic E-state index is -0.649. The molecule has 2 amide bonds. The number of nitrogens with zero attached hydrogens (tertiary/aromatic N) is 3. The van der Waals surface area contributed by atoms with E-state index < -0.39 is 17.6 Å². The molecule has 9 heteroatoms. The number of rotatable bonds is 3. The first-order valence-corrected chi connectivity index (χ1v) is 8.18. The van der Waals surface area contributed by atoms with Crippen molar-refractivity contribution in [3.8, 4) is 0 Å². The van der Waals surface area contributed by atoms with E-state index in [0.29, 0.717) is 31.9 Å². The van der Waals surface area contributed by atoms with Gasteiger partial charge in [-0.05, 0) is 40.5 Å². The lowest BCUT2D eigenvalue weighted by atomic mass is 9.90. The maximum absolute atomic E-state index is 12.0. The van der Waals surface area contributed by atoms with E-state index in [1.165, 1.54) is 6.07 Å². The van der Waals surface area contributed by atoms with E-state index in [-0.39, 0.29) is 17.1 Å². The third-order valence-corrected chi connectivity index (χ3v) is 3.94. The second-order valence-corrected chi connectivity index (χ2v) is 7.52. The predicted octanol–water partition coefficient (Wildman–Crippen LogP) is 1.04. The third-order valence-electron chi connectivity index (χ3n) is 3.94. The van der Waals surface area contributed by atoms with Gasteiger partial charge in [0.1, 0.15) is 17.1 Å². The molecule has 1 aromatic rings. The van der Waals surface area contributed by atoms with E-state index in [2.05, 4.69) is 15.3 Å². The number of hydrogen-bond acceptors (Lipinski definition) is 7. The quantitative estimate of drug-likeness (QED) is 0.740. The first-order valence-electron chi connectivity index (χ1n) is 8.18. The lowest BCUT2D eigenvalue weighted by Crippen LogP contribution is -2.54. The molecular weight excluding hydrogens is 324 g/mol. The Morgan fingerprint density at radius 2 is 1.88 bits per heavy atom. The Balaban J connectivity index is 2.01. The minimum Gasteiger partial charge on any atom is -0.444 e. The van der Waals surface area contributed by atoms with Gasteiger partial charge in [0.25, 0.3) is 5.91 Å². The molecule has 138 valence electrons. The molecule has 1 aromatic heterocycles. The molecule has 0 atom stereocenters. The standard InChI is InChI=1S/C16H26N6O3/c1-15(2,3)25-14(24)21-16(4)5-7-22(8-6-16)13-19-10(12(18)23)9-11(17)20-13/h9H,5-8H2,1-4H3,(H2,18,23)(H,21,24)(H2,17,19,20). The van der Waals surface area contributed by atoms with E-state index in [4.69, 9.17) is 16.2 Å². The van der Waals surface area contributed by atoms with Crippen molar-refractivity contribution < 1.29 is 14.3 Å². The lowest BCUT2D eigenvalue weighted by Gasteiger charge is -2.40. The van der Waals surface area contributed by atoms with E-state index >= 15 is 0 Å². The zero-order chi connectivity index (χ0) is 18.8. The fraction of sp³-hybridized carbons (Fsp3) is 0.625. The molecule has 25 heavy (non-hydrogen) atoms. The van der Waals surface area contributed by atoms with Gasteiger partial charge in [0.05, 0.1) is 0 Å². The number of aromatic nitrogens is 2. The summed E-state index contributed by atoms with van der Waals surface area (Å²) < 4.78 is 5.32. The first-order chi connectivity index (χ1) is 11.5. The highest BCUT2D eigenvalue weighted by Gasteiger charge is 2.34. The smallest absolute Gasteiger partial charge is 0.408 e. The number of nitrogens with two attached hydrogens (primary N) is 2. The zero-order valence-corrected chi connectivity index (χ0v) is 15.1. The summed E-state index contributed by atoms with van der Waals surface area (Å²) in [5.74, 6) is -0.0871. The van der Waals surface area contributed by atoms with Gasteiger partial charge in [0, 0.05) is 24.7 Å². The number of carbonyl (C=O) groups excluding carboxylic acids is 2. The largest absolute Gasteiger partial charge is 0.444 e. The third kappa shape index (κ3) is 5.20. The molecule has 2 rings (SSSR count). The number of hydrogen-bond donors (Lipinski definition) is 3. The number of ether oxygens (including phenoxy) is 1. The van der Waals surface area contributed by atoms with Crippen LogP contribution in [0.2, 0.25) is 0 Å². The fourth-order valence-electron chi connectivity index (χ4n) is 2.60. The van der Waals surface area contributed by atoms with E-state index in [0.717, 1.165) is 0 Å². The second kappa shape index (κ2) is 6.73. The van der Waals surface area contributed by atoms with Crippen molar-refractivity contribution in [2.45, 2.75) is 51.7 Å². The van der Waals surface area contributed by atoms with Crippen LogP contribution in [0.15, 0.2) is 6.07 Å². The highest BCUT2D eigenvalue weighted by Crippen LogP contribution is 2.25. The van der Waals surface area contributed by atoms with Crippen LogP contribution in [0.4, 0.5) is 16.6 Å². The van der Waals surface area contributed by atoms with Crippen molar-refractivity contribution >= 4 is 23.8 Å². The van der Waals surface area contributed by atoms with Gasteiger partial charge in [-0.1, -0.05) is 0 Å². The van der Waals surface area contributed by atoms with Crippen molar-refractivity contribution in [1.82, 2.24) is 15.3 Å². The van der Waals surface area contributed by atoms with Crippen molar-refractivity contribution in [3.05, 3.63) is 11.8 Å². The fourth-order valence-corrected chi connectivity index (χ4v) is 2.60. The van der Waals surface area contributed by atoms with E-state index in [1.54, 1.807) is 0 Å². The molecule has 0 radical (unpaired) electrons. The van der Waals surface area contributed by atoms with Crippen LogP contribution >= 0.6 is 0 Å². The Hall–Kier alpha value is -2.58. The number of carbonyl (C=O) groups is 2. The number of alkyl carbamates (subject to hydrolysis) is 1. The average molecular weight is 350 g/mol. The highest BCUT2D eigenvalue weighted by molar-refractivity contribution is 5.91. The molecule has 0 spiro atoms. The topological polar surface area (TPSA) is 136 Å². The monoisotopic (exact) mass is 350 g/mol. The van der Waals surface area contributed by atoms with Gasteiger partial charge in [-0.3, -0.25) is 4.79 Å². The van der Waals surface area contributed by atoms with Gasteiger partial charge in [-0.25, -0.2) is 9.78 Å². The summed E-state index contributed by atoms with van der Waals surface area (Å²) in [5, 5.41) is 2.94. The summed E-state index contributed by atoms with van der Waals surface area (Å²) in [6, 6.07) is 1.35.